The minimum absolute atomic E-state index is 0.124. The van der Waals surface area contributed by atoms with E-state index in [9.17, 15) is 14.9 Å². The van der Waals surface area contributed by atoms with Gasteiger partial charge in [-0.3, -0.25) is 4.79 Å². The minimum Gasteiger partial charge on any atom is -0.478 e. The molecular formula is C22H15ClN2O4. The summed E-state index contributed by atoms with van der Waals surface area (Å²) in [6, 6.07) is 16.4. The first-order valence-electron chi connectivity index (χ1n) is 8.50. The van der Waals surface area contributed by atoms with E-state index in [4.69, 9.17) is 21.1 Å². The Morgan fingerprint density at radius 1 is 1.14 bits per heavy atom. The Labute approximate surface area is 171 Å². The van der Waals surface area contributed by atoms with Crippen LogP contribution in [0.25, 0.3) is 17.4 Å². The second kappa shape index (κ2) is 8.46. The molecule has 0 spiro atoms. The van der Waals surface area contributed by atoms with Crippen LogP contribution in [-0.4, -0.2) is 17.0 Å². The van der Waals surface area contributed by atoms with Crippen LogP contribution in [0, 0.1) is 18.3 Å². The number of aromatic carboxylic acids is 1. The fraction of sp³-hybridized carbons (Fsp3) is 0.0455. The number of aryl methyl sites for hydroxylation is 1. The standard InChI is InChI=1S/C22H15ClN2O4/c1-13-10-17(23)6-8-19(13)25-21(26)16(12-24)11-18-7-9-20(29-18)14-2-4-15(5-3-14)22(27)28/h2-11H,1H3,(H,25,26)(H,27,28). The zero-order valence-electron chi connectivity index (χ0n) is 15.3. The van der Waals surface area contributed by atoms with Crippen LogP contribution in [0.4, 0.5) is 5.69 Å². The van der Waals surface area contributed by atoms with Gasteiger partial charge in [0.1, 0.15) is 23.2 Å². The van der Waals surface area contributed by atoms with Gasteiger partial charge < -0.3 is 14.8 Å². The number of benzene rings is 2. The number of carboxylic acid groups (broad SMARTS) is 1. The molecule has 2 aromatic carbocycles. The molecule has 0 bridgehead atoms. The largest absolute Gasteiger partial charge is 0.478 e. The minimum atomic E-state index is -1.01. The molecule has 7 heteroatoms. The summed E-state index contributed by atoms with van der Waals surface area (Å²) in [6.45, 7) is 1.80. The van der Waals surface area contributed by atoms with Gasteiger partial charge in [0.2, 0.25) is 0 Å². The van der Waals surface area contributed by atoms with Crippen LogP contribution in [0.2, 0.25) is 5.02 Å². The lowest BCUT2D eigenvalue weighted by Crippen LogP contribution is -2.14. The highest BCUT2D eigenvalue weighted by Crippen LogP contribution is 2.25. The van der Waals surface area contributed by atoms with Gasteiger partial charge in [-0.2, -0.15) is 5.26 Å². The fourth-order valence-corrected chi connectivity index (χ4v) is 2.84. The molecule has 0 saturated heterocycles. The summed E-state index contributed by atoms with van der Waals surface area (Å²) in [5.41, 5.74) is 2.05. The molecule has 0 saturated carbocycles. The number of halogens is 1. The van der Waals surface area contributed by atoms with Crippen molar-refractivity contribution in [1.82, 2.24) is 0 Å². The van der Waals surface area contributed by atoms with Crippen molar-refractivity contribution in [1.29, 1.82) is 5.26 Å². The van der Waals surface area contributed by atoms with Gasteiger partial charge in [-0.25, -0.2) is 4.79 Å². The zero-order valence-corrected chi connectivity index (χ0v) is 16.0. The molecule has 1 amide bonds. The highest BCUT2D eigenvalue weighted by Gasteiger charge is 2.13. The maximum absolute atomic E-state index is 12.4. The van der Waals surface area contributed by atoms with Crippen molar-refractivity contribution in [2.45, 2.75) is 6.92 Å². The fourth-order valence-electron chi connectivity index (χ4n) is 2.61. The first kappa shape index (κ1) is 19.9. The smallest absolute Gasteiger partial charge is 0.335 e. The summed E-state index contributed by atoms with van der Waals surface area (Å²) in [5.74, 6) is -0.775. The predicted molar refractivity (Wildman–Crippen MR) is 110 cm³/mol. The van der Waals surface area contributed by atoms with Gasteiger partial charge >= 0.3 is 5.97 Å². The van der Waals surface area contributed by atoms with Crippen LogP contribution in [0.3, 0.4) is 0 Å². The van der Waals surface area contributed by atoms with Gasteiger partial charge in [0, 0.05) is 22.3 Å². The molecule has 1 heterocycles. The van der Waals surface area contributed by atoms with Crippen LogP contribution in [0.5, 0.6) is 0 Å². The third-order valence-corrected chi connectivity index (χ3v) is 4.37. The lowest BCUT2D eigenvalue weighted by atomic mass is 10.1. The van der Waals surface area contributed by atoms with E-state index >= 15 is 0 Å². The Bertz CT molecular complexity index is 1150. The SMILES string of the molecule is Cc1cc(Cl)ccc1NC(=O)C(C#N)=Cc1ccc(-c2ccc(C(=O)O)cc2)o1. The first-order chi connectivity index (χ1) is 13.9. The van der Waals surface area contributed by atoms with Crippen molar-refractivity contribution >= 4 is 35.2 Å². The lowest BCUT2D eigenvalue weighted by Gasteiger charge is -2.07. The van der Waals surface area contributed by atoms with Gasteiger partial charge in [-0.1, -0.05) is 23.7 Å². The number of furan rings is 1. The molecule has 0 aliphatic heterocycles. The number of hydrogen-bond acceptors (Lipinski definition) is 4. The van der Waals surface area contributed by atoms with Crippen LogP contribution in [-0.2, 0) is 4.79 Å². The van der Waals surface area contributed by atoms with Crippen LogP contribution >= 0.6 is 11.6 Å². The van der Waals surface area contributed by atoms with Gasteiger partial charge in [-0.15, -0.1) is 0 Å². The van der Waals surface area contributed by atoms with E-state index < -0.39 is 11.9 Å². The van der Waals surface area contributed by atoms with Gasteiger partial charge in [0.15, 0.2) is 0 Å². The summed E-state index contributed by atoms with van der Waals surface area (Å²) >= 11 is 5.91. The normalized spacial score (nSPS) is 11.0. The van der Waals surface area contributed by atoms with Gasteiger partial charge in [-0.05, 0) is 55.0 Å². The number of carbonyl (C=O) groups is 2. The Morgan fingerprint density at radius 3 is 2.48 bits per heavy atom. The molecule has 0 aliphatic carbocycles. The first-order valence-corrected chi connectivity index (χ1v) is 8.88. The maximum atomic E-state index is 12.4. The molecule has 1 aromatic heterocycles. The third kappa shape index (κ3) is 4.72. The molecule has 0 aliphatic rings. The highest BCUT2D eigenvalue weighted by molar-refractivity contribution is 6.30. The Hall–Kier alpha value is -3.82. The van der Waals surface area contributed by atoms with E-state index in [0.717, 1.165) is 5.56 Å². The average molecular weight is 407 g/mol. The molecule has 2 N–H and O–H groups in total. The number of carbonyl (C=O) groups excluding carboxylic acids is 1. The molecule has 6 nitrogen and oxygen atoms in total. The van der Waals surface area contributed by atoms with Crippen molar-refractivity contribution in [2.75, 3.05) is 5.32 Å². The number of nitriles is 1. The third-order valence-electron chi connectivity index (χ3n) is 4.13. The highest BCUT2D eigenvalue weighted by atomic mass is 35.5. The van der Waals surface area contributed by atoms with Crippen molar-refractivity contribution in [3.8, 4) is 17.4 Å². The number of rotatable bonds is 5. The van der Waals surface area contributed by atoms with E-state index in [1.54, 1.807) is 49.4 Å². The average Bonchev–Trinajstić information content (AvgIpc) is 3.17. The molecule has 0 radical (unpaired) electrons. The zero-order chi connectivity index (χ0) is 21.0. The van der Waals surface area contributed by atoms with Crippen molar-refractivity contribution < 1.29 is 19.1 Å². The second-order valence-electron chi connectivity index (χ2n) is 6.17. The van der Waals surface area contributed by atoms with Crippen LogP contribution < -0.4 is 5.32 Å². The van der Waals surface area contributed by atoms with Gasteiger partial charge in [0.25, 0.3) is 5.91 Å². The number of nitrogens with one attached hydrogen (secondary N) is 1. The monoisotopic (exact) mass is 406 g/mol. The number of amides is 1. The molecule has 3 rings (SSSR count). The van der Waals surface area contributed by atoms with Crippen molar-refractivity contribution in [3.63, 3.8) is 0 Å². The molecule has 29 heavy (non-hydrogen) atoms. The Balaban J connectivity index is 1.80. The number of nitrogens with zero attached hydrogens (tertiary/aromatic N) is 1. The van der Waals surface area contributed by atoms with Crippen molar-refractivity contribution in [2.24, 2.45) is 0 Å². The van der Waals surface area contributed by atoms with E-state index in [0.29, 0.717) is 27.8 Å². The topological polar surface area (TPSA) is 103 Å². The molecular weight excluding hydrogens is 392 g/mol. The Morgan fingerprint density at radius 2 is 1.86 bits per heavy atom. The molecule has 0 unspecified atom stereocenters. The number of carboxylic acids is 1. The van der Waals surface area contributed by atoms with E-state index in [2.05, 4.69) is 5.32 Å². The predicted octanol–water partition coefficient (Wildman–Crippen LogP) is 5.15. The van der Waals surface area contributed by atoms with Crippen molar-refractivity contribution in [3.05, 3.63) is 82.1 Å². The molecule has 3 aromatic rings. The summed E-state index contributed by atoms with van der Waals surface area (Å²) in [7, 11) is 0. The Kier molecular flexibility index (Phi) is 5.82. The van der Waals surface area contributed by atoms with Crippen LogP contribution in [0.1, 0.15) is 21.7 Å². The maximum Gasteiger partial charge on any atom is 0.335 e. The summed E-state index contributed by atoms with van der Waals surface area (Å²) in [6.07, 6.45) is 1.34. The lowest BCUT2D eigenvalue weighted by molar-refractivity contribution is -0.112. The second-order valence-corrected chi connectivity index (χ2v) is 6.60. The summed E-state index contributed by atoms with van der Waals surface area (Å²) in [4.78, 5) is 23.4. The molecule has 0 atom stereocenters. The quantitative estimate of drug-likeness (QED) is 0.450. The number of hydrogen-bond donors (Lipinski definition) is 2. The summed E-state index contributed by atoms with van der Waals surface area (Å²) in [5, 5.41) is 21.5. The molecule has 144 valence electrons. The van der Waals surface area contributed by atoms with E-state index in [1.165, 1.54) is 18.2 Å². The molecule has 0 fully saturated rings. The van der Waals surface area contributed by atoms with Crippen LogP contribution in [0.15, 0.2) is 64.6 Å². The van der Waals surface area contributed by atoms with E-state index in [-0.39, 0.29) is 11.1 Å². The number of anilines is 1. The summed E-state index contributed by atoms with van der Waals surface area (Å²) < 4.78 is 5.67. The van der Waals surface area contributed by atoms with E-state index in [1.807, 2.05) is 6.07 Å². The van der Waals surface area contributed by atoms with Gasteiger partial charge in [0.05, 0.1) is 5.56 Å².